The summed E-state index contributed by atoms with van der Waals surface area (Å²) in [7, 11) is 0. The quantitative estimate of drug-likeness (QED) is 0.596. The van der Waals surface area contributed by atoms with Crippen molar-refractivity contribution in [1.82, 2.24) is 10.6 Å². The Morgan fingerprint density at radius 3 is 2.78 bits per heavy atom. The van der Waals surface area contributed by atoms with Crippen LogP contribution in [0.5, 0.6) is 0 Å². The Morgan fingerprint density at radius 2 is 2.17 bits per heavy atom. The van der Waals surface area contributed by atoms with E-state index in [2.05, 4.69) is 30.5 Å². The summed E-state index contributed by atoms with van der Waals surface area (Å²) in [6.07, 6.45) is 0.979. The highest BCUT2D eigenvalue weighted by Gasteiger charge is 2.02. The Bertz CT molecular complexity index is 358. The molecular formula is C13H22N2OS2. The number of hydrogen-bond donors (Lipinski definition) is 2. The van der Waals surface area contributed by atoms with Crippen molar-refractivity contribution in [2.24, 2.45) is 0 Å². The SMILES string of the molecule is CCOCCCNC(=S)NCc1cc(C)c(C)s1. The van der Waals surface area contributed by atoms with Crippen molar-refractivity contribution in [1.29, 1.82) is 0 Å². The zero-order valence-corrected chi connectivity index (χ0v) is 13.0. The van der Waals surface area contributed by atoms with E-state index in [9.17, 15) is 0 Å². The zero-order valence-electron chi connectivity index (χ0n) is 11.3. The highest BCUT2D eigenvalue weighted by atomic mass is 32.1. The standard InChI is InChI=1S/C13H22N2OS2/c1-4-16-7-5-6-14-13(17)15-9-12-8-10(2)11(3)18-12/h8H,4-7,9H2,1-3H3,(H2,14,15,17). The maximum atomic E-state index is 5.26. The van der Waals surface area contributed by atoms with Crippen LogP contribution in [0.2, 0.25) is 0 Å². The van der Waals surface area contributed by atoms with Gasteiger partial charge in [-0.1, -0.05) is 0 Å². The molecule has 3 nitrogen and oxygen atoms in total. The number of nitrogens with one attached hydrogen (secondary N) is 2. The lowest BCUT2D eigenvalue weighted by Crippen LogP contribution is -2.35. The molecule has 0 fully saturated rings. The lowest BCUT2D eigenvalue weighted by atomic mass is 10.3. The Hall–Kier alpha value is -0.650. The number of hydrogen-bond acceptors (Lipinski definition) is 3. The van der Waals surface area contributed by atoms with Crippen molar-refractivity contribution in [3.8, 4) is 0 Å². The average Bonchev–Trinajstić information content (AvgIpc) is 2.66. The summed E-state index contributed by atoms with van der Waals surface area (Å²) in [5.74, 6) is 0. The molecule has 0 aromatic carbocycles. The van der Waals surface area contributed by atoms with Gasteiger partial charge in [0.15, 0.2) is 5.11 Å². The van der Waals surface area contributed by atoms with Gasteiger partial charge in [0.05, 0.1) is 6.54 Å². The van der Waals surface area contributed by atoms with Crippen molar-refractivity contribution >= 4 is 28.7 Å². The van der Waals surface area contributed by atoms with Gasteiger partial charge in [0.2, 0.25) is 0 Å². The minimum atomic E-state index is 0.718. The van der Waals surface area contributed by atoms with E-state index in [1.165, 1.54) is 15.3 Å². The molecule has 0 amide bonds. The van der Waals surface area contributed by atoms with Gasteiger partial charge in [-0.05, 0) is 51.0 Å². The maximum Gasteiger partial charge on any atom is 0.166 e. The van der Waals surface area contributed by atoms with Crippen molar-refractivity contribution in [2.45, 2.75) is 33.7 Å². The van der Waals surface area contributed by atoms with E-state index in [1.54, 1.807) is 0 Å². The fourth-order valence-corrected chi connectivity index (χ4v) is 2.65. The fourth-order valence-electron chi connectivity index (χ4n) is 1.49. The topological polar surface area (TPSA) is 33.3 Å². The number of aryl methyl sites for hydroxylation is 2. The van der Waals surface area contributed by atoms with Crippen LogP contribution in [0.3, 0.4) is 0 Å². The van der Waals surface area contributed by atoms with Gasteiger partial charge in [0, 0.05) is 29.5 Å². The Kier molecular flexibility index (Phi) is 7.23. The Morgan fingerprint density at radius 1 is 1.39 bits per heavy atom. The second-order valence-corrected chi connectivity index (χ2v) is 5.86. The molecular weight excluding hydrogens is 264 g/mol. The first-order valence-electron chi connectivity index (χ1n) is 6.28. The van der Waals surface area contributed by atoms with E-state index in [4.69, 9.17) is 17.0 Å². The molecule has 0 radical (unpaired) electrons. The fraction of sp³-hybridized carbons (Fsp3) is 0.615. The lowest BCUT2D eigenvalue weighted by Gasteiger charge is -2.09. The van der Waals surface area contributed by atoms with Gasteiger partial charge < -0.3 is 15.4 Å². The van der Waals surface area contributed by atoms with Crippen LogP contribution in [-0.4, -0.2) is 24.9 Å². The summed E-state index contributed by atoms with van der Waals surface area (Å²) >= 11 is 7.03. The van der Waals surface area contributed by atoms with Gasteiger partial charge >= 0.3 is 0 Å². The highest BCUT2D eigenvalue weighted by molar-refractivity contribution is 7.80. The van der Waals surface area contributed by atoms with Crippen LogP contribution in [0.4, 0.5) is 0 Å². The molecule has 0 saturated carbocycles. The number of rotatable bonds is 7. The molecule has 2 N–H and O–H groups in total. The zero-order chi connectivity index (χ0) is 13.4. The molecule has 1 aromatic rings. The lowest BCUT2D eigenvalue weighted by molar-refractivity contribution is 0.145. The molecule has 0 aliphatic rings. The average molecular weight is 286 g/mol. The first-order chi connectivity index (χ1) is 8.63. The van der Waals surface area contributed by atoms with Crippen LogP contribution in [0.1, 0.15) is 28.7 Å². The van der Waals surface area contributed by atoms with E-state index in [1.807, 2.05) is 18.3 Å². The highest BCUT2D eigenvalue weighted by Crippen LogP contribution is 2.20. The predicted molar refractivity (Wildman–Crippen MR) is 82.3 cm³/mol. The summed E-state index contributed by atoms with van der Waals surface area (Å²) < 4.78 is 5.26. The molecule has 0 aliphatic heterocycles. The van der Waals surface area contributed by atoms with Gasteiger partial charge in [-0.3, -0.25) is 0 Å². The third kappa shape index (κ3) is 5.80. The van der Waals surface area contributed by atoms with Crippen molar-refractivity contribution in [3.63, 3.8) is 0 Å². The van der Waals surface area contributed by atoms with E-state index < -0.39 is 0 Å². The van der Waals surface area contributed by atoms with Crippen molar-refractivity contribution in [3.05, 3.63) is 21.4 Å². The summed E-state index contributed by atoms with van der Waals surface area (Å²) in [4.78, 5) is 2.70. The van der Waals surface area contributed by atoms with E-state index in [0.29, 0.717) is 0 Å². The molecule has 0 unspecified atom stereocenters. The van der Waals surface area contributed by atoms with Crippen LogP contribution < -0.4 is 10.6 Å². The molecule has 1 rings (SSSR count). The first-order valence-corrected chi connectivity index (χ1v) is 7.51. The van der Waals surface area contributed by atoms with Crippen LogP contribution in [0.15, 0.2) is 6.07 Å². The third-order valence-electron chi connectivity index (χ3n) is 2.60. The molecule has 0 aliphatic carbocycles. The predicted octanol–water partition coefficient (Wildman–Crippen LogP) is 2.76. The second-order valence-electron chi connectivity index (χ2n) is 4.11. The first kappa shape index (κ1) is 15.4. The normalized spacial score (nSPS) is 10.4. The van der Waals surface area contributed by atoms with Crippen molar-refractivity contribution in [2.75, 3.05) is 19.8 Å². The van der Waals surface area contributed by atoms with E-state index in [0.717, 1.165) is 37.8 Å². The molecule has 0 atom stereocenters. The van der Waals surface area contributed by atoms with Gasteiger partial charge in [-0.25, -0.2) is 0 Å². The molecule has 1 aromatic heterocycles. The Balaban J connectivity index is 2.13. The summed E-state index contributed by atoms with van der Waals surface area (Å²) in [5, 5.41) is 7.12. The number of thiocarbonyl (C=S) groups is 1. The van der Waals surface area contributed by atoms with Crippen LogP contribution >= 0.6 is 23.6 Å². The smallest absolute Gasteiger partial charge is 0.166 e. The van der Waals surface area contributed by atoms with Gasteiger partial charge in [-0.15, -0.1) is 11.3 Å². The summed E-state index contributed by atoms with van der Waals surface area (Å²) in [6, 6.07) is 2.21. The largest absolute Gasteiger partial charge is 0.382 e. The third-order valence-corrected chi connectivity index (χ3v) is 4.04. The minimum absolute atomic E-state index is 0.718. The monoisotopic (exact) mass is 286 g/mol. The molecule has 0 bridgehead atoms. The van der Waals surface area contributed by atoms with E-state index >= 15 is 0 Å². The van der Waals surface area contributed by atoms with Crippen molar-refractivity contribution < 1.29 is 4.74 Å². The number of ether oxygens (including phenoxy) is 1. The van der Waals surface area contributed by atoms with Gasteiger partial charge in [0.25, 0.3) is 0 Å². The minimum Gasteiger partial charge on any atom is -0.382 e. The van der Waals surface area contributed by atoms with Crippen LogP contribution in [0, 0.1) is 13.8 Å². The molecule has 5 heteroatoms. The molecule has 102 valence electrons. The molecule has 0 saturated heterocycles. The molecule has 0 spiro atoms. The van der Waals surface area contributed by atoms with Gasteiger partial charge in [0.1, 0.15) is 0 Å². The molecule has 1 heterocycles. The summed E-state index contributed by atoms with van der Waals surface area (Å²) in [5.41, 5.74) is 1.35. The van der Waals surface area contributed by atoms with Crippen LogP contribution in [-0.2, 0) is 11.3 Å². The Labute approximate surface area is 119 Å². The second kappa shape index (κ2) is 8.45. The summed E-state index contributed by atoms with van der Waals surface area (Å²) in [6.45, 7) is 9.51. The van der Waals surface area contributed by atoms with Gasteiger partial charge in [-0.2, -0.15) is 0 Å². The number of thiophene rings is 1. The van der Waals surface area contributed by atoms with E-state index in [-0.39, 0.29) is 0 Å². The maximum absolute atomic E-state index is 5.26. The van der Waals surface area contributed by atoms with Crippen LogP contribution in [0.25, 0.3) is 0 Å². The molecule has 18 heavy (non-hydrogen) atoms.